The normalized spacial score (nSPS) is 10.8. The Balaban J connectivity index is 2.41. The van der Waals surface area contributed by atoms with E-state index in [0.717, 1.165) is 10.2 Å². The van der Waals surface area contributed by atoms with Crippen LogP contribution < -0.4 is 15.0 Å². The molecular weight excluding hydrogens is 292 g/mol. The molecule has 8 heteroatoms. The summed E-state index contributed by atoms with van der Waals surface area (Å²) in [4.78, 5) is 11.9. The Morgan fingerprint density at radius 2 is 2.05 bits per heavy atom. The van der Waals surface area contributed by atoms with Crippen molar-refractivity contribution in [3.05, 3.63) is 44.6 Å². The third kappa shape index (κ3) is 3.16. The first-order valence-corrected chi connectivity index (χ1v) is 6.42. The van der Waals surface area contributed by atoms with Gasteiger partial charge in [-0.25, -0.2) is 0 Å². The van der Waals surface area contributed by atoms with Crippen molar-refractivity contribution < 1.29 is 9.47 Å². The lowest BCUT2D eigenvalue weighted by atomic mass is 10.2. The molecule has 0 spiro atoms. The number of aromatic amines is 1. The fourth-order valence-corrected chi connectivity index (χ4v) is 1.81. The zero-order valence-electron chi connectivity index (χ0n) is 11.8. The van der Waals surface area contributed by atoms with Crippen LogP contribution in [0.3, 0.4) is 0 Å². The summed E-state index contributed by atoms with van der Waals surface area (Å²) in [6.07, 6.45) is 1.51. The Labute approximate surface area is 125 Å². The van der Waals surface area contributed by atoms with E-state index < -0.39 is 0 Å². The second-order valence-electron chi connectivity index (χ2n) is 4.09. The van der Waals surface area contributed by atoms with Crippen LogP contribution in [-0.4, -0.2) is 35.3 Å². The molecule has 110 valence electrons. The van der Waals surface area contributed by atoms with Gasteiger partial charge in [0, 0.05) is 0 Å². The van der Waals surface area contributed by atoms with E-state index in [0.29, 0.717) is 11.5 Å². The number of hydrogen-bond donors (Lipinski definition) is 1. The number of nitrogens with one attached hydrogen (secondary N) is 1. The Bertz CT molecular complexity index is 795. The third-order valence-corrected chi connectivity index (χ3v) is 3.01. The van der Waals surface area contributed by atoms with Crippen molar-refractivity contribution in [2.24, 2.45) is 5.10 Å². The van der Waals surface area contributed by atoms with Gasteiger partial charge < -0.3 is 9.47 Å². The van der Waals surface area contributed by atoms with Gasteiger partial charge in [0.2, 0.25) is 4.77 Å². The minimum Gasteiger partial charge on any atom is -0.493 e. The molecule has 0 bridgehead atoms. The summed E-state index contributed by atoms with van der Waals surface area (Å²) < 4.78 is 11.6. The zero-order chi connectivity index (χ0) is 15.4. The number of rotatable bonds is 4. The lowest BCUT2D eigenvalue weighted by molar-refractivity contribution is 0.355. The highest BCUT2D eigenvalue weighted by atomic mass is 32.1. The minimum absolute atomic E-state index is 0.127. The number of benzene rings is 1. The summed E-state index contributed by atoms with van der Waals surface area (Å²) in [5, 5.41) is 10.4. The van der Waals surface area contributed by atoms with Gasteiger partial charge in [-0.3, -0.25) is 9.89 Å². The first kappa shape index (κ1) is 14.9. The van der Waals surface area contributed by atoms with Crippen LogP contribution in [0.5, 0.6) is 11.5 Å². The van der Waals surface area contributed by atoms with Crippen LogP contribution in [0.25, 0.3) is 0 Å². The molecule has 1 heterocycles. The van der Waals surface area contributed by atoms with E-state index >= 15 is 0 Å². The van der Waals surface area contributed by atoms with Gasteiger partial charge >= 0.3 is 0 Å². The molecule has 0 atom stereocenters. The summed E-state index contributed by atoms with van der Waals surface area (Å²) >= 11 is 4.99. The monoisotopic (exact) mass is 306 g/mol. The molecule has 0 saturated carbocycles. The molecule has 1 aromatic heterocycles. The van der Waals surface area contributed by atoms with Crippen LogP contribution in [0, 0.1) is 11.7 Å². The van der Waals surface area contributed by atoms with Gasteiger partial charge in [0.05, 0.1) is 20.4 Å². The largest absolute Gasteiger partial charge is 0.493 e. The summed E-state index contributed by atoms with van der Waals surface area (Å²) in [5.74, 6) is 1.19. The standard InChI is InChI=1S/C13H14N4O3S/c1-8-12(18)17(13(21)16-15-8)14-7-9-4-5-10(19-2)11(6-9)20-3/h4-7H,1-3H3,(H,16,21)/b14-7+. The maximum atomic E-state index is 11.9. The lowest BCUT2D eigenvalue weighted by Gasteiger charge is -2.07. The van der Waals surface area contributed by atoms with Crippen molar-refractivity contribution in [3.8, 4) is 11.5 Å². The minimum atomic E-state index is -0.365. The van der Waals surface area contributed by atoms with E-state index in [1.54, 1.807) is 39.3 Å². The van der Waals surface area contributed by atoms with Gasteiger partial charge in [-0.2, -0.15) is 14.9 Å². The second kappa shape index (κ2) is 6.31. The van der Waals surface area contributed by atoms with E-state index in [9.17, 15) is 4.79 Å². The molecule has 0 unspecified atom stereocenters. The molecule has 7 nitrogen and oxygen atoms in total. The summed E-state index contributed by atoms with van der Waals surface area (Å²) in [6.45, 7) is 1.58. The molecule has 0 aliphatic carbocycles. The predicted octanol–water partition coefficient (Wildman–Crippen LogP) is 1.51. The number of ether oxygens (including phenoxy) is 2. The van der Waals surface area contributed by atoms with Crippen LogP contribution in [0.15, 0.2) is 28.1 Å². The van der Waals surface area contributed by atoms with Crippen LogP contribution >= 0.6 is 12.2 Å². The van der Waals surface area contributed by atoms with Crippen molar-refractivity contribution in [1.82, 2.24) is 14.9 Å². The van der Waals surface area contributed by atoms with Gasteiger partial charge in [0.1, 0.15) is 5.69 Å². The topological polar surface area (TPSA) is 81.5 Å². The molecule has 0 fully saturated rings. The fraction of sp³-hybridized carbons (Fsp3) is 0.231. The molecule has 1 aromatic carbocycles. The smallest absolute Gasteiger partial charge is 0.296 e. The fourth-order valence-electron chi connectivity index (χ4n) is 1.63. The Morgan fingerprint density at radius 1 is 1.33 bits per heavy atom. The molecule has 0 aliphatic heterocycles. The molecule has 2 aromatic rings. The SMILES string of the molecule is COc1ccc(/C=N/n2c(=S)[nH]nc(C)c2=O)cc1OC. The van der Waals surface area contributed by atoms with Crippen LogP contribution in [0.2, 0.25) is 0 Å². The second-order valence-corrected chi connectivity index (χ2v) is 4.48. The summed E-state index contributed by atoms with van der Waals surface area (Å²) in [6, 6.07) is 5.28. The van der Waals surface area contributed by atoms with E-state index in [2.05, 4.69) is 15.3 Å². The van der Waals surface area contributed by atoms with E-state index in [-0.39, 0.29) is 16.0 Å². The molecule has 0 amide bonds. The average molecular weight is 306 g/mol. The molecule has 1 N–H and O–H groups in total. The van der Waals surface area contributed by atoms with Crippen molar-refractivity contribution in [1.29, 1.82) is 0 Å². The van der Waals surface area contributed by atoms with Crippen molar-refractivity contribution in [3.63, 3.8) is 0 Å². The van der Waals surface area contributed by atoms with E-state index in [1.165, 1.54) is 6.21 Å². The molecular formula is C13H14N4O3S. The van der Waals surface area contributed by atoms with Crippen molar-refractivity contribution in [2.45, 2.75) is 6.92 Å². The number of H-pyrrole nitrogens is 1. The molecule has 2 rings (SSSR count). The van der Waals surface area contributed by atoms with Gasteiger partial charge in [0.25, 0.3) is 5.56 Å². The van der Waals surface area contributed by atoms with Crippen LogP contribution in [0.4, 0.5) is 0 Å². The third-order valence-electron chi connectivity index (χ3n) is 2.74. The van der Waals surface area contributed by atoms with Gasteiger partial charge in [0.15, 0.2) is 11.5 Å². The highest BCUT2D eigenvalue weighted by molar-refractivity contribution is 7.71. The first-order chi connectivity index (χ1) is 10.1. The quantitative estimate of drug-likeness (QED) is 0.684. The first-order valence-electron chi connectivity index (χ1n) is 6.01. The predicted molar refractivity (Wildman–Crippen MR) is 81.0 cm³/mol. The number of methoxy groups -OCH3 is 2. The van der Waals surface area contributed by atoms with Gasteiger partial charge in [-0.05, 0) is 42.9 Å². The zero-order valence-corrected chi connectivity index (χ0v) is 12.6. The summed E-state index contributed by atoms with van der Waals surface area (Å²) in [7, 11) is 3.11. The van der Waals surface area contributed by atoms with Crippen molar-refractivity contribution in [2.75, 3.05) is 14.2 Å². The van der Waals surface area contributed by atoms with Crippen LogP contribution in [-0.2, 0) is 0 Å². The Morgan fingerprint density at radius 3 is 2.71 bits per heavy atom. The van der Waals surface area contributed by atoms with Crippen LogP contribution in [0.1, 0.15) is 11.3 Å². The Hall–Kier alpha value is -2.48. The highest BCUT2D eigenvalue weighted by Gasteiger charge is 2.04. The summed E-state index contributed by atoms with van der Waals surface area (Å²) in [5.41, 5.74) is 0.659. The average Bonchev–Trinajstić information content (AvgIpc) is 2.50. The van der Waals surface area contributed by atoms with E-state index in [4.69, 9.17) is 21.7 Å². The van der Waals surface area contributed by atoms with Gasteiger partial charge in [-0.1, -0.05) is 0 Å². The van der Waals surface area contributed by atoms with E-state index in [1.807, 2.05) is 0 Å². The Kier molecular flexibility index (Phi) is 4.49. The molecule has 0 saturated heterocycles. The molecule has 0 aliphatic rings. The van der Waals surface area contributed by atoms with Gasteiger partial charge in [-0.15, -0.1) is 0 Å². The number of aromatic nitrogens is 3. The van der Waals surface area contributed by atoms with Crippen molar-refractivity contribution >= 4 is 18.4 Å². The number of nitrogens with zero attached hydrogens (tertiary/aromatic N) is 3. The number of hydrogen-bond acceptors (Lipinski definition) is 6. The number of aryl methyl sites for hydroxylation is 1. The molecule has 21 heavy (non-hydrogen) atoms. The molecule has 0 radical (unpaired) electrons. The lowest BCUT2D eigenvalue weighted by Crippen LogP contribution is -2.22. The highest BCUT2D eigenvalue weighted by Crippen LogP contribution is 2.26. The maximum absolute atomic E-state index is 11.9. The maximum Gasteiger partial charge on any atom is 0.296 e.